The van der Waals surface area contributed by atoms with Crippen molar-refractivity contribution >= 4 is 28.1 Å². The minimum Gasteiger partial charge on any atom is -0.342 e. The van der Waals surface area contributed by atoms with E-state index in [4.69, 9.17) is 12.2 Å². The molecule has 0 spiro atoms. The van der Waals surface area contributed by atoms with Crippen LogP contribution in [0.1, 0.15) is 32.0 Å². The number of rotatable bonds is 1. The smallest absolute Gasteiger partial charge is 0.144 e. The number of nitrogens with one attached hydrogen (secondary N) is 1. The largest absolute Gasteiger partial charge is 0.342 e. The molecule has 1 heterocycles. The predicted octanol–water partition coefficient (Wildman–Crippen LogP) is 5.31. The summed E-state index contributed by atoms with van der Waals surface area (Å²) in [6, 6.07) is 4.83. The average Bonchev–Trinajstić information content (AvgIpc) is 2.29. The minimum absolute atomic E-state index is 0.119. The van der Waals surface area contributed by atoms with Crippen LogP contribution in [0.3, 0.4) is 0 Å². The first-order valence-electron chi connectivity index (χ1n) is 6.26. The predicted molar refractivity (Wildman–Crippen MR) is 86.0 cm³/mol. The summed E-state index contributed by atoms with van der Waals surface area (Å²) in [5.74, 6) is 0.312. The molecule has 0 aliphatic rings. The van der Waals surface area contributed by atoms with Crippen LogP contribution in [-0.4, -0.2) is 9.97 Å². The lowest BCUT2D eigenvalue weighted by molar-refractivity contribution is 0.563. The van der Waals surface area contributed by atoms with E-state index < -0.39 is 0 Å². The summed E-state index contributed by atoms with van der Waals surface area (Å²) in [6.45, 7) is 8.10. The number of aromatic amines is 1. The zero-order valence-electron chi connectivity index (χ0n) is 11.8. The fraction of sp³-hybridized carbons (Fsp3) is 0.333. The molecule has 0 aliphatic heterocycles. The summed E-state index contributed by atoms with van der Waals surface area (Å²) >= 11 is 8.77. The van der Waals surface area contributed by atoms with Gasteiger partial charge < -0.3 is 4.98 Å². The molecule has 0 saturated heterocycles. The van der Waals surface area contributed by atoms with Crippen molar-refractivity contribution in [3.63, 3.8) is 0 Å². The van der Waals surface area contributed by atoms with Gasteiger partial charge in [0.05, 0.1) is 4.47 Å². The summed E-state index contributed by atoms with van der Waals surface area (Å²) in [6.07, 6.45) is 0. The summed E-state index contributed by atoms with van der Waals surface area (Å²) in [7, 11) is 0. The Morgan fingerprint density at radius 3 is 2.45 bits per heavy atom. The maximum Gasteiger partial charge on any atom is 0.144 e. The number of nitrogens with zero attached hydrogens (tertiary/aromatic N) is 1. The summed E-state index contributed by atoms with van der Waals surface area (Å²) < 4.78 is 14.8. The fourth-order valence-corrected chi connectivity index (χ4v) is 2.96. The third-order valence-electron chi connectivity index (χ3n) is 2.93. The van der Waals surface area contributed by atoms with E-state index >= 15 is 0 Å². The van der Waals surface area contributed by atoms with E-state index in [0.717, 1.165) is 15.7 Å². The number of H-pyrrole nitrogens is 1. The quantitative estimate of drug-likeness (QED) is 0.702. The van der Waals surface area contributed by atoms with Crippen molar-refractivity contribution < 1.29 is 4.39 Å². The molecule has 0 aliphatic carbocycles. The standard InChI is InChI=1S/C15H16BrFN2S/c1-8-5-9(7-10(17)6-8)13-18-12(15(2,3)4)11(16)14(20)19-13/h5-7H,1-4H3,(H,18,19,20). The van der Waals surface area contributed by atoms with Gasteiger partial charge in [0, 0.05) is 16.7 Å². The van der Waals surface area contributed by atoms with Gasteiger partial charge in [-0.15, -0.1) is 0 Å². The van der Waals surface area contributed by atoms with Crippen molar-refractivity contribution in [1.82, 2.24) is 9.97 Å². The van der Waals surface area contributed by atoms with E-state index in [9.17, 15) is 4.39 Å². The molecule has 0 fully saturated rings. The van der Waals surface area contributed by atoms with Gasteiger partial charge in [-0.25, -0.2) is 9.37 Å². The molecule has 0 saturated carbocycles. The van der Waals surface area contributed by atoms with Crippen LogP contribution in [0.5, 0.6) is 0 Å². The maximum absolute atomic E-state index is 13.6. The molecule has 1 aromatic heterocycles. The number of aromatic nitrogens is 2. The molecule has 1 N–H and O–H groups in total. The average molecular weight is 355 g/mol. The van der Waals surface area contributed by atoms with Crippen molar-refractivity contribution in [3.8, 4) is 11.4 Å². The molecule has 20 heavy (non-hydrogen) atoms. The Morgan fingerprint density at radius 1 is 1.25 bits per heavy atom. The zero-order valence-corrected chi connectivity index (χ0v) is 14.2. The lowest BCUT2D eigenvalue weighted by atomic mass is 9.92. The molecule has 0 unspecified atom stereocenters. The molecule has 106 valence electrons. The summed E-state index contributed by atoms with van der Waals surface area (Å²) in [4.78, 5) is 7.62. The van der Waals surface area contributed by atoms with E-state index in [1.807, 2.05) is 13.0 Å². The van der Waals surface area contributed by atoms with E-state index in [1.165, 1.54) is 12.1 Å². The Bertz CT molecular complexity index is 697. The molecule has 2 nitrogen and oxygen atoms in total. The molecule has 0 radical (unpaired) electrons. The molecule has 0 atom stereocenters. The van der Waals surface area contributed by atoms with Crippen molar-refractivity contribution in [1.29, 1.82) is 0 Å². The number of benzene rings is 1. The molecule has 0 bridgehead atoms. The molecule has 1 aromatic carbocycles. The van der Waals surface area contributed by atoms with E-state index in [-0.39, 0.29) is 11.2 Å². The normalized spacial score (nSPS) is 11.7. The van der Waals surface area contributed by atoms with E-state index in [0.29, 0.717) is 16.0 Å². The fourth-order valence-electron chi connectivity index (χ4n) is 1.99. The first-order valence-corrected chi connectivity index (χ1v) is 7.46. The van der Waals surface area contributed by atoms with Crippen LogP contribution < -0.4 is 0 Å². The van der Waals surface area contributed by atoms with Gasteiger partial charge in [-0.1, -0.05) is 33.0 Å². The van der Waals surface area contributed by atoms with Crippen LogP contribution in [0, 0.1) is 17.4 Å². The van der Waals surface area contributed by atoms with Crippen LogP contribution in [-0.2, 0) is 5.41 Å². The highest BCUT2D eigenvalue weighted by atomic mass is 79.9. The Morgan fingerprint density at radius 2 is 1.90 bits per heavy atom. The van der Waals surface area contributed by atoms with Gasteiger partial charge in [-0.05, 0) is 46.6 Å². The minimum atomic E-state index is -0.277. The Balaban J connectivity index is 2.70. The highest BCUT2D eigenvalue weighted by Gasteiger charge is 2.20. The second-order valence-electron chi connectivity index (χ2n) is 5.85. The number of hydrogen-bond acceptors (Lipinski definition) is 2. The number of halogens is 2. The van der Waals surface area contributed by atoms with Gasteiger partial charge in [0.2, 0.25) is 0 Å². The van der Waals surface area contributed by atoms with E-state index in [1.54, 1.807) is 0 Å². The number of aryl methyl sites for hydroxylation is 1. The van der Waals surface area contributed by atoms with Gasteiger partial charge in [0.15, 0.2) is 0 Å². The van der Waals surface area contributed by atoms with Gasteiger partial charge in [-0.2, -0.15) is 0 Å². The molecular weight excluding hydrogens is 339 g/mol. The van der Waals surface area contributed by atoms with Crippen molar-refractivity contribution in [2.24, 2.45) is 0 Å². The molecule has 2 aromatic rings. The lowest BCUT2D eigenvalue weighted by Gasteiger charge is -2.21. The Hall–Kier alpha value is -1.07. The second-order valence-corrected chi connectivity index (χ2v) is 7.03. The SMILES string of the molecule is Cc1cc(F)cc(-c2nc(=S)c(Br)c(C(C)(C)C)[nH]2)c1. The third-order valence-corrected chi connectivity index (χ3v) is 4.26. The van der Waals surface area contributed by atoms with Gasteiger partial charge in [-0.3, -0.25) is 0 Å². The van der Waals surface area contributed by atoms with Crippen LogP contribution in [0.25, 0.3) is 11.4 Å². The second kappa shape index (κ2) is 5.37. The summed E-state index contributed by atoms with van der Waals surface area (Å²) in [5, 5.41) is 0. The molecular formula is C15H16BrFN2S. The van der Waals surface area contributed by atoms with E-state index in [2.05, 4.69) is 46.7 Å². The topological polar surface area (TPSA) is 28.7 Å². The van der Waals surface area contributed by atoms with Gasteiger partial charge >= 0.3 is 0 Å². The third kappa shape index (κ3) is 3.15. The summed E-state index contributed by atoms with van der Waals surface area (Å²) in [5.41, 5.74) is 2.38. The maximum atomic E-state index is 13.6. The Labute approximate surface area is 131 Å². The molecule has 5 heteroatoms. The van der Waals surface area contributed by atoms with Gasteiger partial charge in [0.1, 0.15) is 16.3 Å². The van der Waals surface area contributed by atoms with Gasteiger partial charge in [0.25, 0.3) is 0 Å². The van der Waals surface area contributed by atoms with Crippen molar-refractivity contribution in [2.45, 2.75) is 33.1 Å². The van der Waals surface area contributed by atoms with Crippen LogP contribution in [0.15, 0.2) is 22.7 Å². The van der Waals surface area contributed by atoms with Crippen LogP contribution in [0.4, 0.5) is 4.39 Å². The first-order chi connectivity index (χ1) is 9.18. The first kappa shape index (κ1) is 15.3. The monoisotopic (exact) mass is 354 g/mol. The lowest BCUT2D eigenvalue weighted by Crippen LogP contribution is -2.16. The van der Waals surface area contributed by atoms with Crippen LogP contribution >= 0.6 is 28.1 Å². The zero-order chi connectivity index (χ0) is 15.1. The van der Waals surface area contributed by atoms with Crippen molar-refractivity contribution in [2.75, 3.05) is 0 Å². The number of hydrogen-bond donors (Lipinski definition) is 1. The molecule has 2 rings (SSSR count). The highest BCUT2D eigenvalue weighted by molar-refractivity contribution is 9.10. The van der Waals surface area contributed by atoms with Crippen LogP contribution in [0.2, 0.25) is 0 Å². The van der Waals surface area contributed by atoms with Crippen molar-refractivity contribution in [3.05, 3.63) is 44.4 Å². The highest BCUT2D eigenvalue weighted by Crippen LogP contribution is 2.30. The Kier molecular flexibility index (Phi) is 4.12. The molecule has 0 amide bonds.